The van der Waals surface area contributed by atoms with E-state index in [0.29, 0.717) is 30.7 Å². The van der Waals surface area contributed by atoms with Gasteiger partial charge in [0.05, 0.1) is 12.1 Å². The van der Waals surface area contributed by atoms with E-state index in [2.05, 4.69) is 61.9 Å². The molecule has 1 saturated heterocycles. The first kappa shape index (κ1) is 26.7. The Hall–Kier alpha value is -3.32. The van der Waals surface area contributed by atoms with Crippen LogP contribution in [0.2, 0.25) is 0 Å². The van der Waals surface area contributed by atoms with E-state index in [9.17, 15) is 9.59 Å². The molecule has 2 aromatic carbocycles. The van der Waals surface area contributed by atoms with Gasteiger partial charge < -0.3 is 20.3 Å². The van der Waals surface area contributed by atoms with Crippen LogP contribution in [0.5, 0.6) is 0 Å². The summed E-state index contributed by atoms with van der Waals surface area (Å²) >= 11 is 0. The highest BCUT2D eigenvalue weighted by Gasteiger charge is 2.47. The first-order valence-corrected chi connectivity index (χ1v) is 13.4. The van der Waals surface area contributed by atoms with Crippen LogP contribution in [-0.2, 0) is 4.74 Å². The molecule has 4 rings (SSSR count). The van der Waals surface area contributed by atoms with Gasteiger partial charge in [0.25, 0.3) is 5.91 Å². The number of likely N-dealkylation sites (tertiary alicyclic amines) is 1. The van der Waals surface area contributed by atoms with Gasteiger partial charge in [-0.1, -0.05) is 43.0 Å². The fraction of sp³-hybridized carbons (Fsp3) is 0.467. The molecule has 0 radical (unpaired) electrons. The van der Waals surface area contributed by atoms with Crippen molar-refractivity contribution < 1.29 is 14.3 Å². The second-order valence-electron chi connectivity index (χ2n) is 10.5. The van der Waals surface area contributed by atoms with E-state index in [1.54, 1.807) is 6.08 Å². The van der Waals surface area contributed by atoms with Crippen LogP contribution in [-0.4, -0.2) is 60.1 Å². The van der Waals surface area contributed by atoms with E-state index >= 15 is 0 Å². The Bertz CT molecular complexity index is 1090. The van der Waals surface area contributed by atoms with Gasteiger partial charge in [-0.2, -0.15) is 0 Å². The number of benzene rings is 2. The zero-order valence-corrected chi connectivity index (χ0v) is 22.4. The Labute approximate surface area is 220 Å². The van der Waals surface area contributed by atoms with Crippen molar-refractivity contribution in [1.29, 1.82) is 0 Å². The lowest BCUT2D eigenvalue weighted by Crippen LogP contribution is -2.42. The lowest BCUT2D eigenvalue weighted by Gasteiger charge is -2.40. The smallest absolute Gasteiger partial charge is 0.410 e. The highest BCUT2D eigenvalue weighted by Crippen LogP contribution is 2.51. The van der Waals surface area contributed by atoms with Crippen LogP contribution < -0.4 is 10.6 Å². The summed E-state index contributed by atoms with van der Waals surface area (Å²) in [5, 5.41) is 6.79. The number of carbonyl (C=O) groups is 2. The fourth-order valence-corrected chi connectivity index (χ4v) is 5.84. The summed E-state index contributed by atoms with van der Waals surface area (Å²) in [6.45, 7) is 14.5. The van der Waals surface area contributed by atoms with E-state index in [1.807, 2.05) is 41.3 Å². The Morgan fingerprint density at radius 1 is 1.16 bits per heavy atom. The largest absolute Gasteiger partial charge is 0.445 e. The molecule has 2 aromatic rings. The molecule has 37 heavy (non-hydrogen) atoms. The first-order valence-electron chi connectivity index (χ1n) is 13.4. The number of rotatable bonds is 9. The molecule has 0 aliphatic carbocycles. The van der Waals surface area contributed by atoms with E-state index in [0.717, 1.165) is 24.2 Å². The predicted octanol–water partition coefficient (Wildman–Crippen LogP) is 5.39. The van der Waals surface area contributed by atoms with E-state index in [1.165, 1.54) is 5.56 Å². The SMILES string of the molecule is C=CCOC(=O)N1CC[C@H]2C(c3ccccc3)Nc3ccc(C(=O)NCCN(C(C)C)C(C)C)cc3[C@H]21. The van der Waals surface area contributed by atoms with Crippen LogP contribution in [0, 0.1) is 5.92 Å². The number of nitrogens with one attached hydrogen (secondary N) is 2. The number of ether oxygens (including phenoxy) is 1. The summed E-state index contributed by atoms with van der Waals surface area (Å²) in [7, 11) is 0. The lowest BCUT2D eigenvalue weighted by atomic mass is 9.79. The molecule has 0 spiro atoms. The Morgan fingerprint density at radius 2 is 1.89 bits per heavy atom. The molecule has 2 N–H and O–H groups in total. The van der Waals surface area contributed by atoms with Crippen molar-refractivity contribution in [1.82, 2.24) is 15.1 Å². The lowest BCUT2D eigenvalue weighted by molar-refractivity contribution is 0.0939. The summed E-state index contributed by atoms with van der Waals surface area (Å²) in [4.78, 5) is 30.3. The van der Waals surface area contributed by atoms with Crippen LogP contribution in [0.3, 0.4) is 0 Å². The van der Waals surface area contributed by atoms with Gasteiger partial charge >= 0.3 is 6.09 Å². The third-order valence-corrected chi connectivity index (χ3v) is 7.52. The van der Waals surface area contributed by atoms with Gasteiger partial charge in [-0.3, -0.25) is 9.69 Å². The molecule has 0 bridgehead atoms. The molecule has 7 nitrogen and oxygen atoms in total. The van der Waals surface area contributed by atoms with Crippen LogP contribution in [0.25, 0.3) is 0 Å². The predicted molar refractivity (Wildman–Crippen MR) is 148 cm³/mol. The molecule has 2 heterocycles. The van der Waals surface area contributed by atoms with Crippen molar-refractivity contribution in [2.45, 2.75) is 58.3 Å². The maximum atomic E-state index is 13.1. The molecular weight excluding hydrogens is 464 g/mol. The normalized spacial score (nSPS) is 20.4. The number of carbonyl (C=O) groups excluding carboxylic acids is 2. The zero-order chi connectivity index (χ0) is 26.5. The van der Waals surface area contributed by atoms with Gasteiger partial charge in [0.15, 0.2) is 0 Å². The molecule has 2 amide bonds. The first-order chi connectivity index (χ1) is 17.8. The highest BCUT2D eigenvalue weighted by molar-refractivity contribution is 5.95. The number of amides is 2. The third-order valence-electron chi connectivity index (χ3n) is 7.52. The number of anilines is 1. The Balaban J connectivity index is 1.59. The summed E-state index contributed by atoms with van der Waals surface area (Å²) in [6, 6.07) is 16.8. The number of hydrogen-bond acceptors (Lipinski definition) is 5. The molecule has 1 fully saturated rings. The molecule has 3 atom stereocenters. The molecule has 198 valence electrons. The van der Waals surface area contributed by atoms with E-state index in [-0.39, 0.29) is 36.6 Å². The van der Waals surface area contributed by atoms with Gasteiger partial charge in [-0.25, -0.2) is 4.79 Å². The van der Waals surface area contributed by atoms with E-state index in [4.69, 9.17) is 4.74 Å². The third kappa shape index (κ3) is 5.82. The fourth-order valence-electron chi connectivity index (χ4n) is 5.84. The van der Waals surface area contributed by atoms with E-state index < -0.39 is 0 Å². The number of hydrogen-bond donors (Lipinski definition) is 2. The second kappa shape index (κ2) is 11.8. The van der Waals surface area contributed by atoms with Crippen LogP contribution in [0.4, 0.5) is 10.5 Å². The van der Waals surface area contributed by atoms with Crippen molar-refractivity contribution >= 4 is 17.7 Å². The van der Waals surface area contributed by atoms with Crippen molar-refractivity contribution in [3.05, 3.63) is 77.9 Å². The Kier molecular flexibility index (Phi) is 8.54. The summed E-state index contributed by atoms with van der Waals surface area (Å²) in [6.07, 6.45) is 2.08. The van der Waals surface area contributed by atoms with Gasteiger partial charge in [-0.15, -0.1) is 0 Å². The molecular formula is C30H40N4O3. The standard InChI is InChI=1S/C30H40N4O3/c1-6-18-37-30(36)34-16-14-24-27(22-10-8-7-9-11-22)32-26-13-12-23(19-25(26)28(24)34)29(35)31-15-17-33(20(2)3)21(4)5/h6-13,19-21,24,27-28,32H,1,14-18H2,2-5H3,(H,31,35)/t24-,27?,28-/m0/s1. The summed E-state index contributed by atoms with van der Waals surface area (Å²) < 4.78 is 5.44. The minimum Gasteiger partial charge on any atom is -0.445 e. The second-order valence-corrected chi connectivity index (χ2v) is 10.5. The van der Waals surface area contributed by atoms with Crippen LogP contribution in [0.1, 0.15) is 67.7 Å². The number of fused-ring (bicyclic) bond motifs is 3. The van der Waals surface area contributed by atoms with Crippen molar-refractivity contribution in [2.24, 2.45) is 5.92 Å². The maximum Gasteiger partial charge on any atom is 0.410 e. The van der Waals surface area contributed by atoms with Crippen molar-refractivity contribution in [2.75, 3.05) is 31.6 Å². The van der Waals surface area contributed by atoms with Crippen molar-refractivity contribution in [3.8, 4) is 0 Å². The minimum absolute atomic E-state index is 0.0635. The molecule has 2 aliphatic rings. The van der Waals surface area contributed by atoms with Gasteiger partial charge in [0.1, 0.15) is 6.61 Å². The highest BCUT2D eigenvalue weighted by atomic mass is 16.6. The van der Waals surface area contributed by atoms with Crippen molar-refractivity contribution in [3.63, 3.8) is 0 Å². The van der Waals surface area contributed by atoms with Gasteiger partial charge in [0.2, 0.25) is 0 Å². The van der Waals surface area contributed by atoms with Crippen LogP contribution in [0.15, 0.2) is 61.2 Å². The maximum absolute atomic E-state index is 13.1. The molecule has 2 aliphatic heterocycles. The van der Waals surface area contributed by atoms with Crippen LogP contribution >= 0.6 is 0 Å². The van der Waals surface area contributed by atoms with Gasteiger partial charge in [0, 0.05) is 48.9 Å². The Morgan fingerprint density at radius 3 is 2.57 bits per heavy atom. The minimum atomic E-state index is -0.343. The summed E-state index contributed by atoms with van der Waals surface area (Å²) in [5.41, 5.74) is 3.69. The molecule has 1 unspecified atom stereocenters. The number of nitrogens with zero attached hydrogens (tertiary/aromatic N) is 2. The monoisotopic (exact) mass is 504 g/mol. The van der Waals surface area contributed by atoms with Gasteiger partial charge in [-0.05, 0) is 63.4 Å². The zero-order valence-electron chi connectivity index (χ0n) is 22.4. The quantitative estimate of drug-likeness (QED) is 0.448. The average Bonchev–Trinajstić information content (AvgIpc) is 3.34. The summed E-state index contributed by atoms with van der Waals surface area (Å²) in [5.74, 6) is 0.0610. The molecule has 0 aromatic heterocycles. The molecule has 7 heteroatoms. The topological polar surface area (TPSA) is 73.9 Å². The molecule has 0 saturated carbocycles. The average molecular weight is 505 g/mol.